The van der Waals surface area contributed by atoms with Crippen molar-refractivity contribution in [2.45, 2.75) is 135 Å². The first-order valence-corrected chi connectivity index (χ1v) is 15.0. The van der Waals surface area contributed by atoms with Gasteiger partial charge in [0.25, 0.3) is 8.53 Å². The molecule has 2 N–H and O–H groups in total. The Balaban J connectivity index is 6.05. The minimum Gasteiger partial charge on any atom is -0.351 e. The van der Waals surface area contributed by atoms with Crippen LogP contribution in [0.1, 0.15) is 116 Å². The van der Waals surface area contributed by atoms with Gasteiger partial charge in [-0.2, -0.15) is 5.26 Å². The second kappa shape index (κ2) is 14.9. The molecule has 38 heavy (non-hydrogen) atoms. The van der Waals surface area contributed by atoms with Gasteiger partial charge in [-0.1, -0.05) is 69.2 Å². The van der Waals surface area contributed by atoms with Gasteiger partial charge in [-0.3, -0.25) is 14.1 Å². The first kappa shape index (κ1) is 36.7. The molecule has 0 heterocycles. The van der Waals surface area contributed by atoms with Gasteiger partial charge >= 0.3 is 0 Å². The number of hydrogen-bond acceptors (Lipinski definition) is 6. The molecule has 0 radical (unpaired) electrons. The molecule has 222 valence electrons. The molecule has 0 aromatic rings. The molecule has 2 unspecified atom stereocenters. The molecule has 9 heteroatoms. The highest BCUT2D eigenvalue weighted by atomic mass is 31.2. The number of nitriles is 1. The maximum absolute atomic E-state index is 13.5. The molecule has 0 rings (SSSR count). The Bertz CT molecular complexity index is 784. The van der Waals surface area contributed by atoms with E-state index in [9.17, 15) is 9.59 Å². The number of carbonyl (C=O) groups is 2. The average Bonchev–Trinajstić information content (AvgIpc) is 2.67. The van der Waals surface area contributed by atoms with Crippen LogP contribution in [0.5, 0.6) is 0 Å². The van der Waals surface area contributed by atoms with Crippen molar-refractivity contribution in [1.29, 1.82) is 5.26 Å². The highest BCUT2D eigenvalue weighted by Crippen LogP contribution is 2.47. The quantitative estimate of drug-likeness (QED) is 0.131. The van der Waals surface area contributed by atoms with Crippen molar-refractivity contribution in [3.8, 4) is 6.07 Å². The summed E-state index contributed by atoms with van der Waals surface area (Å²) in [5, 5.41) is 15.1. The molecule has 0 saturated carbocycles. The summed E-state index contributed by atoms with van der Waals surface area (Å²) < 4.78 is 14.6. The first-order valence-electron chi connectivity index (χ1n) is 13.9. The van der Waals surface area contributed by atoms with Crippen molar-refractivity contribution in [3.63, 3.8) is 0 Å². The van der Waals surface area contributed by atoms with E-state index in [2.05, 4.69) is 90.6 Å². The summed E-state index contributed by atoms with van der Waals surface area (Å²) in [6, 6.07) is 2.32. The average molecular weight is 557 g/mol. The van der Waals surface area contributed by atoms with Crippen LogP contribution in [0, 0.1) is 33.0 Å². The molecule has 0 fully saturated rings. The van der Waals surface area contributed by atoms with Crippen LogP contribution in [-0.2, 0) is 18.6 Å². The van der Waals surface area contributed by atoms with Crippen LogP contribution < -0.4 is 10.6 Å². The van der Waals surface area contributed by atoms with Gasteiger partial charge in [0.15, 0.2) is 6.23 Å². The van der Waals surface area contributed by atoms with Crippen LogP contribution in [0.2, 0.25) is 0 Å². The van der Waals surface area contributed by atoms with Crippen molar-refractivity contribution in [1.82, 2.24) is 15.3 Å². The first-order chi connectivity index (χ1) is 17.0. The molecule has 2 atom stereocenters. The summed E-state index contributed by atoms with van der Waals surface area (Å²) in [4.78, 5) is 26.7. The molecule has 8 nitrogen and oxygen atoms in total. The Hall–Kier alpha value is -1.26. The Labute approximate surface area is 234 Å². The minimum absolute atomic E-state index is 0.0140. The normalized spacial score (nSPS) is 14.9. The lowest BCUT2D eigenvalue weighted by molar-refractivity contribution is -0.135. The number of nitrogens with zero attached hydrogens (tertiary/aromatic N) is 2. The molecule has 0 aliphatic heterocycles. The van der Waals surface area contributed by atoms with Gasteiger partial charge in [0.05, 0.1) is 25.6 Å². The number of hydrogen-bond donors (Lipinski definition) is 2. The number of rotatable bonds is 15. The van der Waals surface area contributed by atoms with Gasteiger partial charge in [-0.25, -0.2) is 4.67 Å². The van der Waals surface area contributed by atoms with E-state index >= 15 is 0 Å². The molecule has 0 aromatic heterocycles. The SMILES string of the molecule is CC(C)N(C(C)C)P(OCCC#N)OC(CNC(=O)C(C)(C)CC(C)(C)C)NC(=O)C(C)(C)CC(C)(C)C. The second-order valence-electron chi connectivity index (χ2n) is 14.6. The molecule has 0 saturated heterocycles. The Kier molecular flexibility index (Phi) is 14.4. The molecule has 0 bridgehead atoms. The van der Waals surface area contributed by atoms with Crippen LogP contribution in [0.15, 0.2) is 0 Å². The molecule has 0 aliphatic rings. The van der Waals surface area contributed by atoms with E-state index in [1.54, 1.807) is 0 Å². The summed E-state index contributed by atoms with van der Waals surface area (Å²) in [5.74, 6) is -0.239. The zero-order valence-electron chi connectivity index (χ0n) is 26.7. The van der Waals surface area contributed by atoms with Gasteiger partial charge < -0.3 is 15.2 Å². The Morgan fingerprint density at radius 1 is 0.842 bits per heavy atom. The molecular formula is C29H57N4O4P. The number of carbonyl (C=O) groups excluding carboxylic acids is 2. The minimum atomic E-state index is -1.61. The molecular weight excluding hydrogens is 499 g/mol. The van der Waals surface area contributed by atoms with Crippen molar-refractivity contribution in [3.05, 3.63) is 0 Å². The fraction of sp³-hybridized carbons (Fsp3) is 0.897. The summed E-state index contributed by atoms with van der Waals surface area (Å²) in [7, 11) is -1.61. The van der Waals surface area contributed by atoms with Crippen LogP contribution >= 0.6 is 8.53 Å². The van der Waals surface area contributed by atoms with Gasteiger partial charge in [0, 0.05) is 22.9 Å². The van der Waals surface area contributed by atoms with Crippen LogP contribution in [0.4, 0.5) is 0 Å². The zero-order valence-corrected chi connectivity index (χ0v) is 27.6. The molecule has 0 spiro atoms. The predicted octanol–water partition coefficient (Wildman–Crippen LogP) is 6.76. The van der Waals surface area contributed by atoms with E-state index in [-0.39, 0.29) is 54.3 Å². The van der Waals surface area contributed by atoms with Crippen molar-refractivity contribution in [2.75, 3.05) is 13.2 Å². The van der Waals surface area contributed by atoms with Crippen molar-refractivity contribution < 1.29 is 18.6 Å². The highest BCUT2D eigenvalue weighted by Gasteiger charge is 2.37. The maximum atomic E-state index is 13.5. The monoisotopic (exact) mass is 556 g/mol. The predicted molar refractivity (Wildman–Crippen MR) is 157 cm³/mol. The van der Waals surface area contributed by atoms with E-state index in [1.165, 1.54) is 0 Å². The molecule has 0 aliphatic carbocycles. The second-order valence-corrected chi connectivity index (χ2v) is 16.0. The lowest BCUT2D eigenvalue weighted by Gasteiger charge is -2.38. The van der Waals surface area contributed by atoms with E-state index in [0.717, 1.165) is 0 Å². The zero-order chi connectivity index (χ0) is 30.1. The third-order valence-electron chi connectivity index (χ3n) is 5.79. The number of nitrogens with one attached hydrogen (secondary N) is 2. The fourth-order valence-corrected chi connectivity index (χ4v) is 6.75. The smallest absolute Gasteiger partial charge is 0.261 e. The summed E-state index contributed by atoms with van der Waals surface area (Å²) in [6.07, 6.45) is 0.825. The molecule has 0 aromatic carbocycles. The van der Waals surface area contributed by atoms with E-state index < -0.39 is 25.6 Å². The van der Waals surface area contributed by atoms with Crippen LogP contribution in [0.25, 0.3) is 0 Å². The summed E-state index contributed by atoms with van der Waals surface area (Å²) >= 11 is 0. The maximum Gasteiger partial charge on any atom is 0.261 e. The van der Waals surface area contributed by atoms with Crippen LogP contribution in [0.3, 0.4) is 0 Å². The number of amides is 2. The van der Waals surface area contributed by atoms with Crippen molar-refractivity contribution in [2.24, 2.45) is 21.7 Å². The lowest BCUT2D eigenvalue weighted by Crippen LogP contribution is -2.51. The third kappa shape index (κ3) is 14.2. The lowest BCUT2D eigenvalue weighted by atomic mass is 9.75. The van der Waals surface area contributed by atoms with Crippen LogP contribution in [-0.4, -0.2) is 47.9 Å². The van der Waals surface area contributed by atoms with Gasteiger partial charge in [-0.15, -0.1) is 0 Å². The third-order valence-corrected chi connectivity index (χ3v) is 7.93. The highest BCUT2D eigenvalue weighted by molar-refractivity contribution is 7.44. The fourth-order valence-electron chi connectivity index (χ4n) is 5.10. The van der Waals surface area contributed by atoms with Gasteiger partial charge in [0.2, 0.25) is 11.8 Å². The summed E-state index contributed by atoms with van der Waals surface area (Å²) in [5.41, 5.74) is -1.29. The van der Waals surface area contributed by atoms with E-state index in [1.807, 2.05) is 27.7 Å². The topological polar surface area (TPSA) is 104 Å². The Morgan fingerprint density at radius 3 is 1.68 bits per heavy atom. The summed E-state index contributed by atoms with van der Waals surface area (Å²) in [6.45, 7) is 29.0. The largest absolute Gasteiger partial charge is 0.351 e. The van der Waals surface area contributed by atoms with Gasteiger partial charge in [0.1, 0.15) is 0 Å². The van der Waals surface area contributed by atoms with E-state index in [0.29, 0.717) is 12.8 Å². The molecule has 2 amide bonds. The van der Waals surface area contributed by atoms with E-state index in [4.69, 9.17) is 14.3 Å². The van der Waals surface area contributed by atoms with Crippen molar-refractivity contribution >= 4 is 20.3 Å². The standard InChI is InChI=1S/C29H57N4O4P/c1-21(2)33(22(3)4)38(36-17-15-16-30)37-23(32-25(35)29(13,14)20-27(8,9)10)18-31-24(34)28(11,12)19-26(5,6)7/h21-23H,15,17-20H2,1-14H3,(H,31,34)(H,32,35). The Morgan fingerprint density at radius 2 is 1.29 bits per heavy atom. The van der Waals surface area contributed by atoms with Gasteiger partial charge in [-0.05, 0) is 51.4 Å².